The standard InChI is InChI=1S/C40H63IN3O5P/c1-11-25-47-50(44(29(4)5)30(6)7)49-36-26-38(48-37(36)27-41)42-24-23-32(9)39(45)43(40(42)46)33(10)35-20-14-19-34(21-22-35)18-13-17-31(8)16-12-15-28(2)3/h14,19,21-22,24,28-31,36-38H,10-13,15-18,20,25-27H2,1-9H3/t31?,36?,37?,38-,50?/m1/s1. The third kappa shape index (κ3) is 12.2. The lowest BCUT2D eigenvalue weighted by Gasteiger charge is -2.37. The number of amides is 3. The van der Waals surface area contributed by atoms with Crippen LogP contribution >= 0.6 is 31.1 Å². The molecule has 0 spiro atoms. The Bertz CT molecular complexity index is 1310. The Balaban J connectivity index is 1.74. The summed E-state index contributed by atoms with van der Waals surface area (Å²) in [5.74, 6) is 1.07. The number of halogens is 1. The van der Waals surface area contributed by atoms with E-state index in [2.05, 4.69) is 113 Å². The number of ether oxygens (including phenoxy) is 1. The quantitative estimate of drug-likeness (QED) is 0.0527. The van der Waals surface area contributed by atoms with Crippen LogP contribution in [0.25, 0.3) is 0 Å². The number of carbonyl (C=O) groups excluding carboxylic acids is 2. The van der Waals surface area contributed by atoms with E-state index in [9.17, 15) is 9.59 Å². The van der Waals surface area contributed by atoms with Gasteiger partial charge in [0.05, 0.1) is 36.3 Å². The molecule has 3 amide bonds. The summed E-state index contributed by atoms with van der Waals surface area (Å²) in [5, 5.41) is 0. The Morgan fingerprint density at radius 1 is 1.10 bits per heavy atom. The first-order valence-electron chi connectivity index (χ1n) is 18.7. The summed E-state index contributed by atoms with van der Waals surface area (Å²) in [5.41, 5.74) is 5.83. The molecule has 10 heteroatoms. The maximum Gasteiger partial charge on any atom is 0.338 e. The molecule has 3 rings (SSSR count). The van der Waals surface area contributed by atoms with Gasteiger partial charge in [-0.2, -0.15) is 0 Å². The lowest BCUT2D eigenvalue weighted by Crippen LogP contribution is -2.47. The van der Waals surface area contributed by atoms with E-state index < -0.39 is 26.7 Å². The van der Waals surface area contributed by atoms with Crippen LogP contribution in [-0.2, 0) is 18.6 Å². The van der Waals surface area contributed by atoms with E-state index in [4.69, 9.17) is 13.8 Å². The molecule has 0 aromatic rings. The molecular formula is C40H63IN3O5P. The minimum absolute atomic E-state index is 0.232. The second-order valence-corrected chi connectivity index (χ2v) is 17.1. The van der Waals surface area contributed by atoms with Crippen LogP contribution in [0.15, 0.2) is 65.2 Å². The Morgan fingerprint density at radius 2 is 1.80 bits per heavy atom. The molecule has 0 aromatic carbocycles. The topological polar surface area (TPSA) is 71.6 Å². The number of nitrogens with zero attached hydrogens (tertiary/aromatic N) is 3. The Kier molecular flexibility index (Phi) is 18.2. The smallest absolute Gasteiger partial charge is 0.338 e. The molecule has 0 aromatic heterocycles. The maximum atomic E-state index is 14.3. The molecule has 4 unspecified atom stereocenters. The van der Waals surface area contributed by atoms with Crippen molar-refractivity contribution in [2.45, 2.75) is 151 Å². The number of hydrogen-bond acceptors (Lipinski definition) is 6. The van der Waals surface area contributed by atoms with Crippen LogP contribution in [-0.4, -0.2) is 68.0 Å². The van der Waals surface area contributed by atoms with Gasteiger partial charge in [0.25, 0.3) is 14.4 Å². The van der Waals surface area contributed by atoms with Crippen molar-refractivity contribution < 1.29 is 23.4 Å². The third-order valence-electron chi connectivity index (χ3n) is 9.33. The summed E-state index contributed by atoms with van der Waals surface area (Å²) in [4.78, 5) is 30.6. The summed E-state index contributed by atoms with van der Waals surface area (Å²) in [7, 11) is -1.35. The second kappa shape index (κ2) is 21.2. The highest BCUT2D eigenvalue weighted by Gasteiger charge is 2.45. The fraction of sp³-hybridized carbons (Fsp3) is 0.675. The zero-order valence-corrected chi connectivity index (χ0v) is 35.2. The largest absolute Gasteiger partial charge is 0.351 e. The molecule has 0 radical (unpaired) electrons. The van der Waals surface area contributed by atoms with Gasteiger partial charge in [0.2, 0.25) is 0 Å². The predicted molar refractivity (Wildman–Crippen MR) is 214 cm³/mol. The van der Waals surface area contributed by atoms with Crippen LogP contribution in [0.2, 0.25) is 0 Å². The van der Waals surface area contributed by atoms with Crippen molar-refractivity contribution in [3.05, 3.63) is 65.2 Å². The Hall–Kier alpha value is -1.58. The van der Waals surface area contributed by atoms with Crippen LogP contribution in [0, 0.1) is 11.8 Å². The van der Waals surface area contributed by atoms with Crippen molar-refractivity contribution in [1.29, 1.82) is 0 Å². The lowest BCUT2D eigenvalue weighted by molar-refractivity contribution is -0.123. The predicted octanol–water partition coefficient (Wildman–Crippen LogP) is 11.0. The van der Waals surface area contributed by atoms with Crippen LogP contribution in [0.1, 0.15) is 120 Å². The van der Waals surface area contributed by atoms with Gasteiger partial charge >= 0.3 is 6.03 Å². The Morgan fingerprint density at radius 3 is 2.44 bits per heavy atom. The minimum atomic E-state index is -1.35. The van der Waals surface area contributed by atoms with Gasteiger partial charge in [-0.25, -0.2) is 14.4 Å². The SMILES string of the molecule is C=C(C1=CC=C(CCCC(C)CCCC(C)C)C=CC1)N1C(=O)C(C)=C=CN([C@H]2CC(OP(OCCC)N(C(C)C)C(C)C)C(CI)O2)C1=O. The molecule has 3 aliphatic rings. The minimum Gasteiger partial charge on any atom is -0.351 e. The van der Waals surface area contributed by atoms with Gasteiger partial charge in [0.15, 0.2) is 0 Å². The normalized spacial score (nSPS) is 22.8. The zero-order chi connectivity index (χ0) is 37.0. The summed E-state index contributed by atoms with van der Waals surface area (Å²) in [6.45, 7) is 24.2. The van der Waals surface area contributed by atoms with Crippen molar-refractivity contribution in [2.24, 2.45) is 11.8 Å². The average Bonchev–Trinajstić information content (AvgIpc) is 3.23. The number of carbonyl (C=O) groups is 2. The maximum absolute atomic E-state index is 14.3. The highest BCUT2D eigenvalue weighted by Crippen LogP contribution is 2.49. The van der Waals surface area contributed by atoms with E-state index in [1.165, 1.54) is 41.1 Å². The molecule has 280 valence electrons. The summed E-state index contributed by atoms with van der Waals surface area (Å²) in [6, 6.07) is -0.0345. The van der Waals surface area contributed by atoms with Crippen molar-refractivity contribution in [3.8, 4) is 0 Å². The van der Waals surface area contributed by atoms with Gasteiger partial charge in [-0.3, -0.25) is 9.69 Å². The molecule has 50 heavy (non-hydrogen) atoms. The molecule has 2 aliphatic heterocycles. The highest BCUT2D eigenvalue weighted by molar-refractivity contribution is 14.1. The van der Waals surface area contributed by atoms with Gasteiger partial charge < -0.3 is 13.8 Å². The molecule has 1 saturated heterocycles. The number of allylic oxidation sites excluding steroid dienone is 6. The molecule has 0 bridgehead atoms. The fourth-order valence-electron chi connectivity index (χ4n) is 6.50. The Labute approximate surface area is 318 Å². The number of alkyl halides is 1. The van der Waals surface area contributed by atoms with Gasteiger partial charge in [0.1, 0.15) is 6.23 Å². The lowest BCUT2D eigenvalue weighted by atomic mass is 9.94. The van der Waals surface area contributed by atoms with Gasteiger partial charge in [0, 0.05) is 22.9 Å². The van der Waals surface area contributed by atoms with E-state index in [0.717, 1.165) is 36.7 Å². The van der Waals surface area contributed by atoms with Crippen LogP contribution in [0.3, 0.4) is 0 Å². The number of hydrogen-bond donors (Lipinski definition) is 0. The van der Waals surface area contributed by atoms with Crippen LogP contribution in [0.4, 0.5) is 4.79 Å². The molecule has 1 aliphatic carbocycles. The van der Waals surface area contributed by atoms with Crippen LogP contribution in [0.5, 0.6) is 0 Å². The molecule has 1 fully saturated rings. The first-order chi connectivity index (χ1) is 23.8. The number of imide groups is 1. The molecule has 0 saturated carbocycles. The van der Waals surface area contributed by atoms with Crippen LogP contribution < -0.4 is 0 Å². The highest BCUT2D eigenvalue weighted by atomic mass is 127. The van der Waals surface area contributed by atoms with Gasteiger partial charge in [-0.15, -0.1) is 0 Å². The van der Waals surface area contributed by atoms with Crippen molar-refractivity contribution in [1.82, 2.24) is 14.5 Å². The van der Waals surface area contributed by atoms with Crippen molar-refractivity contribution in [3.63, 3.8) is 0 Å². The average molecular weight is 824 g/mol. The van der Waals surface area contributed by atoms with Gasteiger partial charge in [-0.1, -0.05) is 113 Å². The van der Waals surface area contributed by atoms with E-state index in [1.54, 1.807) is 13.1 Å². The fourth-order valence-corrected chi connectivity index (χ4v) is 9.12. The van der Waals surface area contributed by atoms with Crippen molar-refractivity contribution in [2.75, 3.05) is 11.0 Å². The molecule has 5 atom stereocenters. The third-order valence-corrected chi connectivity index (χ3v) is 12.4. The van der Waals surface area contributed by atoms with E-state index in [0.29, 0.717) is 35.1 Å². The summed E-state index contributed by atoms with van der Waals surface area (Å²) in [6.07, 6.45) is 17.9. The second-order valence-electron chi connectivity index (χ2n) is 14.8. The molecule has 0 N–H and O–H groups in total. The van der Waals surface area contributed by atoms with E-state index in [-0.39, 0.29) is 24.3 Å². The number of rotatable bonds is 20. The number of urea groups is 1. The van der Waals surface area contributed by atoms with E-state index >= 15 is 0 Å². The first-order valence-corrected chi connectivity index (χ1v) is 21.4. The van der Waals surface area contributed by atoms with Gasteiger partial charge in [-0.05, 0) is 83.3 Å². The monoisotopic (exact) mass is 823 g/mol. The molecular weight excluding hydrogens is 760 g/mol. The summed E-state index contributed by atoms with van der Waals surface area (Å²) >= 11 is 2.31. The van der Waals surface area contributed by atoms with E-state index in [1.807, 2.05) is 6.08 Å². The first kappa shape index (κ1) is 42.8. The van der Waals surface area contributed by atoms with Crippen molar-refractivity contribution >= 4 is 43.1 Å². The zero-order valence-electron chi connectivity index (χ0n) is 32.1. The summed E-state index contributed by atoms with van der Waals surface area (Å²) < 4.78 is 22.5. The molecule has 8 nitrogen and oxygen atoms in total. The molecule has 2 heterocycles.